The lowest BCUT2D eigenvalue weighted by atomic mass is 10.1. The summed E-state index contributed by atoms with van der Waals surface area (Å²) in [6.45, 7) is 6.50. The number of halogens is 2. The van der Waals surface area contributed by atoms with Gasteiger partial charge in [0.05, 0.1) is 17.9 Å². The zero-order valence-corrected chi connectivity index (χ0v) is 19.3. The molecule has 1 heterocycles. The second kappa shape index (κ2) is 9.52. The van der Waals surface area contributed by atoms with Crippen LogP contribution in [-0.4, -0.2) is 34.7 Å². The molecule has 0 radical (unpaired) electrons. The molecule has 31 heavy (non-hydrogen) atoms. The smallest absolute Gasteiger partial charge is 0.225 e. The molecule has 0 saturated heterocycles. The standard InChI is InChI=1S/C24H28ClFN4O/c1-16(2)24(31)29(14-18-9-11-20(26)12-10-18)15-22-17(3)27-30(23(22)28(4)5)21-8-6-7-19(25)13-21/h6-13,16H,14-15H2,1-5H3. The minimum absolute atomic E-state index is 0.0314. The molecule has 0 atom stereocenters. The molecule has 0 aliphatic rings. The summed E-state index contributed by atoms with van der Waals surface area (Å²) in [5.41, 5.74) is 3.53. The number of rotatable bonds is 7. The Morgan fingerprint density at radius 1 is 1.13 bits per heavy atom. The summed E-state index contributed by atoms with van der Waals surface area (Å²) in [7, 11) is 3.91. The van der Waals surface area contributed by atoms with E-state index in [1.54, 1.807) is 17.0 Å². The van der Waals surface area contributed by atoms with Gasteiger partial charge >= 0.3 is 0 Å². The lowest BCUT2D eigenvalue weighted by Crippen LogP contribution is -2.34. The van der Waals surface area contributed by atoms with Crippen molar-refractivity contribution in [2.45, 2.75) is 33.9 Å². The van der Waals surface area contributed by atoms with Crippen LogP contribution in [-0.2, 0) is 17.9 Å². The van der Waals surface area contributed by atoms with Crippen molar-refractivity contribution in [3.05, 3.63) is 76.2 Å². The van der Waals surface area contributed by atoms with Gasteiger partial charge in [0.1, 0.15) is 11.6 Å². The number of aryl methyl sites for hydroxylation is 1. The van der Waals surface area contributed by atoms with E-state index in [0.717, 1.165) is 28.3 Å². The lowest BCUT2D eigenvalue weighted by Gasteiger charge is -2.26. The molecular formula is C24H28ClFN4O. The zero-order chi connectivity index (χ0) is 22.7. The first kappa shape index (κ1) is 22.8. The highest BCUT2D eigenvalue weighted by Crippen LogP contribution is 2.29. The van der Waals surface area contributed by atoms with Gasteiger partial charge in [-0.1, -0.05) is 43.6 Å². The van der Waals surface area contributed by atoms with Crippen LogP contribution in [0.2, 0.25) is 5.02 Å². The minimum Gasteiger partial charge on any atom is -0.362 e. The first-order valence-corrected chi connectivity index (χ1v) is 10.6. The van der Waals surface area contributed by atoms with E-state index in [-0.39, 0.29) is 17.6 Å². The molecule has 0 aliphatic heterocycles. The van der Waals surface area contributed by atoms with E-state index in [9.17, 15) is 9.18 Å². The van der Waals surface area contributed by atoms with Gasteiger partial charge in [0.25, 0.3) is 0 Å². The summed E-state index contributed by atoms with van der Waals surface area (Å²) in [6.07, 6.45) is 0. The van der Waals surface area contributed by atoms with Gasteiger partial charge in [0, 0.05) is 37.1 Å². The molecule has 0 bridgehead atoms. The quantitative estimate of drug-likeness (QED) is 0.503. The fraction of sp³-hybridized carbons (Fsp3) is 0.333. The van der Waals surface area contributed by atoms with Crippen molar-refractivity contribution in [1.82, 2.24) is 14.7 Å². The molecule has 1 amide bonds. The van der Waals surface area contributed by atoms with Crippen molar-refractivity contribution in [3.63, 3.8) is 0 Å². The lowest BCUT2D eigenvalue weighted by molar-refractivity contribution is -0.135. The average molecular weight is 443 g/mol. The largest absolute Gasteiger partial charge is 0.362 e. The first-order chi connectivity index (χ1) is 14.7. The van der Waals surface area contributed by atoms with Crippen LogP contribution in [0.5, 0.6) is 0 Å². The van der Waals surface area contributed by atoms with Gasteiger partial charge in [0.15, 0.2) is 0 Å². The molecule has 0 unspecified atom stereocenters. The number of hydrogen-bond donors (Lipinski definition) is 0. The van der Waals surface area contributed by atoms with Crippen molar-refractivity contribution < 1.29 is 9.18 Å². The summed E-state index contributed by atoms with van der Waals surface area (Å²) in [5, 5.41) is 5.38. The molecule has 2 aromatic carbocycles. The third-order valence-corrected chi connectivity index (χ3v) is 5.31. The molecule has 0 aliphatic carbocycles. The molecule has 5 nitrogen and oxygen atoms in total. The van der Waals surface area contributed by atoms with Crippen molar-refractivity contribution in [2.75, 3.05) is 19.0 Å². The zero-order valence-electron chi connectivity index (χ0n) is 18.6. The van der Waals surface area contributed by atoms with Gasteiger partial charge in [-0.25, -0.2) is 9.07 Å². The monoisotopic (exact) mass is 442 g/mol. The SMILES string of the molecule is Cc1nn(-c2cccc(Cl)c2)c(N(C)C)c1CN(Cc1ccc(F)cc1)C(=O)C(C)C. The Bertz CT molecular complexity index is 1060. The molecular weight excluding hydrogens is 415 g/mol. The maximum atomic E-state index is 13.3. The minimum atomic E-state index is -0.293. The Morgan fingerprint density at radius 2 is 1.81 bits per heavy atom. The number of aromatic nitrogens is 2. The second-order valence-electron chi connectivity index (χ2n) is 8.15. The van der Waals surface area contributed by atoms with Crippen molar-refractivity contribution in [3.8, 4) is 5.69 Å². The molecule has 7 heteroatoms. The van der Waals surface area contributed by atoms with Gasteiger partial charge < -0.3 is 9.80 Å². The van der Waals surface area contributed by atoms with Crippen LogP contribution in [0.1, 0.15) is 30.7 Å². The predicted molar refractivity (Wildman–Crippen MR) is 123 cm³/mol. The van der Waals surface area contributed by atoms with E-state index in [1.807, 2.05) is 68.7 Å². The van der Waals surface area contributed by atoms with Gasteiger partial charge in [0.2, 0.25) is 5.91 Å². The molecule has 0 N–H and O–H groups in total. The molecule has 1 aromatic heterocycles. The molecule has 0 spiro atoms. The molecule has 0 saturated carbocycles. The number of anilines is 1. The molecule has 3 aromatic rings. The number of carbonyl (C=O) groups is 1. The Balaban J connectivity index is 2.02. The van der Waals surface area contributed by atoms with Crippen LogP contribution in [0, 0.1) is 18.7 Å². The number of nitrogens with zero attached hydrogens (tertiary/aromatic N) is 4. The van der Waals surface area contributed by atoms with Crippen LogP contribution in [0.4, 0.5) is 10.2 Å². The van der Waals surface area contributed by atoms with Crippen LogP contribution in [0.15, 0.2) is 48.5 Å². The predicted octanol–water partition coefficient (Wildman–Crippen LogP) is 5.22. The molecule has 3 rings (SSSR count). The number of benzene rings is 2. The highest BCUT2D eigenvalue weighted by atomic mass is 35.5. The van der Waals surface area contributed by atoms with Crippen LogP contribution in [0.25, 0.3) is 5.69 Å². The summed E-state index contributed by atoms with van der Waals surface area (Å²) in [5.74, 6) is 0.468. The Hall–Kier alpha value is -2.86. The van der Waals surface area contributed by atoms with Gasteiger partial charge in [-0.3, -0.25) is 4.79 Å². The maximum Gasteiger partial charge on any atom is 0.225 e. The van der Waals surface area contributed by atoms with Crippen molar-refractivity contribution in [2.24, 2.45) is 5.92 Å². The summed E-state index contributed by atoms with van der Waals surface area (Å²) in [4.78, 5) is 16.8. The average Bonchev–Trinajstić information content (AvgIpc) is 3.05. The number of amides is 1. The van der Waals surface area contributed by atoms with E-state index < -0.39 is 0 Å². The number of carbonyl (C=O) groups excluding carboxylic acids is 1. The van der Waals surface area contributed by atoms with Gasteiger partial charge in [-0.15, -0.1) is 0 Å². The highest BCUT2D eigenvalue weighted by molar-refractivity contribution is 6.30. The third kappa shape index (κ3) is 5.25. The van der Waals surface area contributed by atoms with Crippen LogP contribution in [0.3, 0.4) is 0 Å². The second-order valence-corrected chi connectivity index (χ2v) is 8.59. The topological polar surface area (TPSA) is 41.4 Å². The highest BCUT2D eigenvalue weighted by Gasteiger charge is 2.24. The van der Waals surface area contributed by atoms with Crippen molar-refractivity contribution >= 4 is 23.3 Å². The summed E-state index contributed by atoms with van der Waals surface area (Å²) < 4.78 is 15.2. The normalized spacial score (nSPS) is 11.1. The van der Waals surface area contributed by atoms with Crippen molar-refractivity contribution in [1.29, 1.82) is 0 Å². The fourth-order valence-corrected chi connectivity index (χ4v) is 3.74. The molecule has 164 valence electrons. The molecule has 0 fully saturated rings. The Kier molecular flexibility index (Phi) is 7.01. The Labute approximate surface area is 188 Å². The first-order valence-electron chi connectivity index (χ1n) is 10.2. The van der Waals surface area contributed by atoms with Gasteiger partial charge in [-0.05, 0) is 42.8 Å². The van der Waals surface area contributed by atoms with Crippen LogP contribution >= 0.6 is 11.6 Å². The fourth-order valence-electron chi connectivity index (χ4n) is 3.56. The number of hydrogen-bond acceptors (Lipinski definition) is 3. The van der Waals surface area contributed by atoms with E-state index in [0.29, 0.717) is 18.1 Å². The van der Waals surface area contributed by atoms with E-state index in [2.05, 4.69) is 0 Å². The summed E-state index contributed by atoms with van der Waals surface area (Å²) in [6, 6.07) is 13.8. The van der Waals surface area contributed by atoms with E-state index in [4.69, 9.17) is 16.7 Å². The van der Waals surface area contributed by atoms with E-state index >= 15 is 0 Å². The van der Waals surface area contributed by atoms with Crippen LogP contribution < -0.4 is 4.90 Å². The maximum absolute atomic E-state index is 13.3. The van der Waals surface area contributed by atoms with Gasteiger partial charge in [-0.2, -0.15) is 5.10 Å². The Morgan fingerprint density at radius 3 is 2.39 bits per heavy atom. The third-order valence-electron chi connectivity index (χ3n) is 5.07. The van der Waals surface area contributed by atoms with E-state index in [1.165, 1.54) is 12.1 Å². The summed E-state index contributed by atoms with van der Waals surface area (Å²) >= 11 is 6.20.